The maximum absolute atomic E-state index is 5.75. The summed E-state index contributed by atoms with van der Waals surface area (Å²) in [5, 5.41) is 3.23. The lowest BCUT2D eigenvalue weighted by Crippen LogP contribution is -2.32. The topological polar surface area (TPSA) is 55.0 Å². The number of nitrogens with two attached hydrogens (primary N) is 1. The van der Waals surface area contributed by atoms with Gasteiger partial charge < -0.3 is 5.73 Å². The number of hydrogen-bond donors (Lipinski definition) is 1. The van der Waals surface area contributed by atoms with Gasteiger partial charge >= 0.3 is 0 Å². The van der Waals surface area contributed by atoms with Crippen molar-refractivity contribution < 1.29 is 0 Å². The molecule has 0 saturated heterocycles. The van der Waals surface area contributed by atoms with Crippen molar-refractivity contribution in [2.24, 2.45) is 0 Å². The van der Waals surface area contributed by atoms with E-state index in [9.17, 15) is 0 Å². The maximum Gasteiger partial charge on any atom is 0.161 e. The van der Waals surface area contributed by atoms with Gasteiger partial charge in [0.2, 0.25) is 0 Å². The normalized spacial score (nSPS) is 15.1. The molecule has 0 atom stereocenters. The summed E-state index contributed by atoms with van der Waals surface area (Å²) in [5.74, 6) is 0.535. The largest absolute Gasteiger partial charge is 0.384 e. The SMILES string of the molecule is Nc1ccc2cc3c(nc2n1)CCN(CCc1cccs1)C3. The second-order valence-corrected chi connectivity index (χ2v) is 6.76. The number of hydrogen-bond acceptors (Lipinski definition) is 5. The molecule has 4 heterocycles. The standard InChI is InChI=1S/C17H18N4S/c18-16-4-3-12-10-13-11-21(7-5-14-2-1-9-22-14)8-6-15(13)19-17(12)20-16/h1-4,9-10H,5-8,11H2,(H2,18,19,20). The van der Waals surface area contributed by atoms with Crippen LogP contribution in [0, 0.1) is 0 Å². The molecule has 0 bridgehead atoms. The zero-order valence-corrected chi connectivity index (χ0v) is 13.1. The third-order valence-electron chi connectivity index (χ3n) is 4.18. The molecular formula is C17H18N4S. The third kappa shape index (κ3) is 2.69. The molecule has 3 aromatic heterocycles. The predicted molar refractivity (Wildman–Crippen MR) is 91.0 cm³/mol. The molecule has 0 unspecified atom stereocenters. The lowest BCUT2D eigenvalue weighted by Gasteiger charge is -2.28. The van der Waals surface area contributed by atoms with Crippen molar-refractivity contribution in [3.63, 3.8) is 0 Å². The summed E-state index contributed by atoms with van der Waals surface area (Å²) >= 11 is 1.84. The van der Waals surface area contributed by atoms with Crippen LogP contribution in [0.5, 0.6) is 0 Å². The Morgan fingerprint density at radius 2 is 2.18 bits per heavy atom. The maximum atomic E-state index is 5.75. The highest BCUT2D eigenvalue weighted by molar-refractivity contribution is 7.09. The van der Waals surface area contributed by atoms with Crippen molar-refractivity contribution >= 4 is 28.2 Å². The summed E-state index contributed by atoms with van der Waals surface area (Å²) in [6.45, 7) is 3.16. The highest BCUT2D eigenvalue weighted by Gasteiger charge is 2.18. The first-order chi connectivity index (χ1) is 10.8. The van der Waals surface area contributed by atoms with E-state index >= 15 is 0 Å². The minimum absolute atomic E-state index is 0.535. The Hall–Kier alpha value is -1.98. The van der Waals surface area contributed by atoms with Gasteiger partial charge in [0.1, 0.15) is 5.82 Å². The predicted octanol–water partition coefficient (Wildman–Crippen LogP) is 2.87. The van der Waals surface area contributed by atoms with E-state index in [0.717, 1.165) is 43.5 Å². The second-order valence-electron chi connectivity index (χ2n) is 5.73. The smallest absolute Gasteiger partial charge is 0.161 e. The highest BCUT2D eigenvalue weighted by atomic mass is 32.1. The molecule has 0 amide bonds. The van der Waals surface area contributed by atoms with Crippen LogP contribution in [0.15, 0.2) is 35.7 Å². The van der Waals surface area contributed by atoms with Gasteiger partial charge in [0.15, 0.2) is 5.65 Å². The fraction of sp³-hybridized carbons (Fsp3) is 0.294. The summed E-state index contributed by atoms with van der Waals surface area (Å²) in [6.07, 6.45) is 2.12. The van der Waals surface area contributed by atoms with E-state index in [0.29, 0.717) is 5.82 Å². The van der Waals surface area contributed by atoms with Crippen LogP contribution in [0.2, 0.25) is 0 Å². The Balaban J connectivity index is 1.53. The summed E-state index contributed by atoms with van der Waals surface area (Å²) in [4.78, 5) is 13.0. The Kier molecular flexibility index (Phi) is 3.52. The van der Waals surface area contributed by atoms with E-state index in [-0.39, 0.29) is 0 Å². The molecule has 0 radical (unpaired) electrons. The van der Waals surface area contributed by atoms with E-state index in [2.05, 4.69) is 33.5 Å². The molecule has 1 aliphatic rings. The van der Waals surface area contributed by atoms with Gasteiger partial charge in [-0.2, -0.15) is 0 Å². The lowest BCUT2D eigenvalue weighted by molar-refractivity contribution is 0.256. The number of pyridine rings is 2. The van der Waals surface area contributed by atoms with Crippen LogP contribution in [0.25, 0.3) is 11.0 Å². The third-order valence-corrected chi connectivity index (χ3v) is 5.12. The number of rotatable bonds is 3. The average Bonchev–Trinajstić information content (AvgIpc) is 3.04. The van der Waals surface area contributed by atoms with Gasteiger partial charge in [-0.15, -0.1) is 11.3 Å². The minimum Gasteiger partial charge on any atom is -0.384 e. The molecule has 1 aliphatic heterocycles. The Morgan fingerprint density at radius 3 is 3.05 bits per heavy atom. The molecule has 4 rings (SSSR count). The zero-order valence-electron chi connectivity index (χ0n) is 12.3. The number of nitrogen functional groups attached to an aromatic ring is 1. The van der Waals surface area contributed by atoms with Gasteiger partial charge in [0.05, 0.1) is 0 Å². The molecule has 0 aromatic carbocycles. The molecule has 0 aliphatic carbocycles. The molecule has 112 valence electrons. The number of anilines is 1. The van der Waals surface area contributed by atoms with E-state index < -0.39 is 0 Å². The molecule has 0 spiro atoms. The van der Waals surface area contributed by atoms with Crippen molar-refractivity contribution in [2.45, 2.75) is 19.4 Å². The van der Waals surface area contributed by atoms with Gasteiger partial charge in [-0.25, -0.2) is 9.97 Å². The van der Waals surface area contributed by atoms with Crippen molar-refractivity contribution in [3.05, 3.63) is 51.8 Å². The quantitative estimate of drug-likeness (QED) is 0.808. The number of fused-ring (bicyclic) bond motifs is 2. The summed E-state index contributed by atoms with van der Waals surface area (Å²) < 4.78 is 0. The van der Waals surface area contributed by atoms with Crippen LogP contribution in [0.3, 0.4) is 0 Å². The number of aromatic nitrogens is 2. The summed E-state index contributed by atoms with van der Waals surface area (Å²) in [7, 11) is 0. The van der Waals surface area contributed by atoms with Crippen LogP contribution >= 0.6 is 11.3 Å². The molecular weight excluding hydrogens is 292 g/mol. The highest BCUT2D eigenvalue weighted by Crippen LogP contribution is 2.22. The molecule has 4 nitrogen and oxygen atoms in total. The van der Waals surface area contributed by atoms with E-state index in [1.807, 2.05) is 23.5 Å². The number of thiophene rings is 1. The minimum atomic E-state index is 0.535. The molecule has 5 heteroatoms. The summed E-state index contributed by atoms with van der Waals surface area (Å²) in [6, 6.07) is 10.4. The first-order valence-electron chi connectivity index (χ1n) is 7.58. The molecule has 0 saturated carbocycles. The lowest BCUT2D eigenvalue weighted by atomic mass is 10.0. The van der Waals surface area contributed by atoms with Crippen molar-refractivity contribution in [1.82, 2.24) is 14.9 Å². The van der Waals surface area contributed by atoms with E-state index in [1.165, 1.54) is 16.1 Å². The molecule has 0 fully saturated rings. The van der Waals surface area contributed by atoms with E-state index in [1.54, 1.807) is 0 Å². The van der Waals surface area contributed by atoms with Crippen LogP contribution in [0.1, 0.15) is 16.1 Å². The van der Waals surface area contributed by atoms with Gasteiger partial charge in [0.25, 0.3) is 0 Å². The first-order valence-corrected chi connectivity index (χ1v) is 8.46. The van der Waals surface area contributed by atoms with Crippen molar-refractivity contribution in [2.75, 3.05) is 18.8 Å². The Morgan fingerprint density at radius 1 is 1.23 bits per heavy atom. The second kappa shape index (κ2) is 5.66. The van der Waals surface area contributed by atoms with Crippen LogP contribution in [0.4, 0.5) is 5.82 Å². The fourth-order valence-corrected chi connectivity index (χ4v) is 3.70. The van der Waals surface area contributed by atoms with Crippen LogP contribution in [-0.4, -0.2) is 28.0 Å². The Labute approximate surface area is 133 Å². The summed E-state index contributed by atoms with van der Waals surface area (Å²) in [5.41, 5.74) is 9.03. The zero-order chi connectivity index (χ0) is 14.9. The van der Waals surface area contributed by atoms with Crippen LogP contribution < -0.4 is 5.73 Å². The Bertz CT molecular complexity index is 798. The average molecular weight is 310 g/mol. The van der Waals surface area contributed by atoms with Gasteiger partial charge in [-0.1, -0.05) is 6.07 Å². The van der Waals surface area contributed by atoms with Crippen molar-refractivity contribution in [1.29, 1.82) is 0 Å². The van der Waals surface area contributed by atoms with Gasteiger partial charge in [-0.05, 0) is 41.6 Å². The molecule has 22 heavy (non-hydrogen) atoms. The van der Waals surface area contributed by atoms with E-state index in [4.69, 9.17) is 10.7 Å². The molecule has 3 aromatic rings. The van der Waals surface area contributed by atoms with Crippen molar-refractivity contribution in [3.8, 4) is 0 Å². The molecule has 2 N–H and O–H groups in total. The fourth-order valence-electron chi connectivity index (χ4n) is 3.00. The monoisotopic (exact) mass is 310 g/mol. The van der Waals surface area contributed by atoms with Crippen LogP contribution in [-0.2, 0) is 19.4 Å². The van der Waals surface area contributed by atoms with Gasteiger partial charge in [-0.3, -0.25) is 4.90 Å². The van der Waals surface area contributed by atoms with Gasteiger partial charge in [0, 0.05) is 42.0 Å². The first kappa shape index (κ1) is 13.7. The number of nitrogens with zero attached hydrogens (tertiary/aromatic N) is 3.